The monoisotopic (exact) mass is 352 g/mol. The van der Waals surface area contributed by atoms with E-state index >= 15 is 0 Å². The SMILES string of the molecule is CN(C)S(=O)(=O)C[C@@H]1COC[C@H]1Nc1nnnn1-c1ccccc1. The summed E-state index contributed by atoms with van der Waals surface area (Å²) in [5, 5.41) is 14.9. The van der Waals surface area contributed by atoms with E-state index in [1.807, 2.05) is 30.3 Å². The highest BCUT2D eigenvalue weighted by atomic mass is 32.2. The fourth-order valence-corrected chi connectivity index (χ4v) is 3.70. The highest BCUT2D eigenvalue weighted by Gasteiger charge is 2.34. The van der Waals surface area contributed by atoms with Gasteiger partial charge in [0.15, 0.2) is 0 Å². The van der Waals surface area contributed by atoms with Gasteiger partial charge in [0.2, 0.25) is 16.0 Å². The Bertz CT molecular complexity index is 777. The number of benzene rings is 1. The standard InChI is InChI=1S/C14H20N6O3S/c1-19(2)24(21,22)10-11-8-23-9-13(11)15-14-16-17-18-20(14)12-6-4-3-5-7-12/h3-7,11,13H,8-10H2,1-2H3,(H,15,16,18)/t11-,13+/m0/s1. The lowest BCUT2D eigenvalue weighted by atomic mass is 10.1. The number of anilines is 1. The lowest BCUT2D eigenvalue weighted by Crippen LogP contribution is -2.37. The predicted molar refractivity (Wildman–Crippen MR) is 88.3 cm³/mol. The van der Waals surface area contributed by atoms with Crippen LogP contribution in [0.5, 0.6) is 0 Å². The normalized spacial score (nSPS) is 21.3. The van der Waals surface area contributed by atoms with Crippen molar-refractivity contribution in [2.75, 3.05) is 38.4 Å². The Morgan fingerprint density at radius 3 is 2.75 bits per heavy atom. The Morgan fingerprint density at radius 2 is 2.04 bits per heavy atom. The number of sulfonamides is 1. The van der Waals surface area contributed by atoms with E-state index in [1.54, 1.807) is 4.68 Å². The van der Waals surface area contributed by atoms with Crippen LogP contribution in [0, 0.1) is 5.92 Å². The first-order valence-corrected chi connectivity index (χ1v) is 9.16. The molecule has 1 saturated heterocycles. The molecule has 0 radical (unpaired) electrons. The van der Waals surface area contributed by atoms with Crippen LogP contribution >= 0.6 is 0 Å². The third-order valence-electron chi connectivity index (χ3n) is 3.96. The number of nitrogens with zero attached hydrogens (tertiary/aromatic N) is 5. The Hall–Kier alpha value is -2.04. The number of hydrogen-bond donors (Lipinski definition) is 1. The van der Waals surface area contributed by atoms with E-state index in [1.165, 1.54) is 18.4 Å². The van der Waals surface area contributed by atoms with Crippen LogP contribution in [0.15, 0.2) is 30.3 Å². The molecule has 1 aromatic heterocycles. The van der Waals surface area contributed by atoms with Gasteiger partial charge >= 0.3 is 0 Å². The number of ether oxygens (including phenoxy) is 1. The second-order valence-corrected chi connectivity index (χ2v) is 8.09. The maximum atomic E-state index is 12.1. The predicted octanol–water partition coefficient (Wildman–Crippen LogP) is -0.0194. The van der Waals surface area contributed by atoms with E-state index in [4.69, 9.17) is 4.74 Å². The Labute approximate surface area is 140 Å². The van der Waals surface area contributed by atoms with Crippen LogP contribution in [0.25, 0.3) is 5.69 Å². The molecule has 24 heavy (non-hydrogen) atoms. The minimum Gasteiger partial charge on any atom is -0.379 e. The van der Waals surface area contributed by atoms with Crippen molar-refractivity contribution in [3.63, 3.8) is 0 Å². The van der Waals surface area contributed by atoms with Gasteiger partial charge in [-0.1, -0.05) is 23.3 Å². The number of rotatable bonds is 6. The first-order chi connectivity index (χ1) is 11.5. The molecular weight excluding hydrogens is 332 g/mol. The molecule has 0 bridgehead atoms. The molecular formula is C14H20N6O3S. The van der Waals surface area contributed by atoms with E-state index in [2.05, 4.69) is 20.8 Å². The van der Waals surface area contributed by atoms with Crippen molar-refractivity contribution >= 4 is 16.0 Å². The summed E-state index contributed by atoms with van der Waals surface area (Å²) in [5.41, 5.74) is 0.821. The summed E-state index contributed by atoms with van der Waals surface area (Å²) < 4.78 is 32.5. The summed E-state index contributed by atoms with van der Waals surface area (Å²) in [7, 11) is -0.238. The lowest BCUT2D eigenvalue weighted by molar-refractivity contribution is 0.187. The highest BCUT2D eigenvalue weighted by Crippen LogP contribution is 2.21. The largest absolute Gasteiger partial charge is 0.379 e. The quantitative estimate of drug-likeness (QED) is 0.779. The molecule has 2 atom stereocenters. The first kappa shape index (κ1) is 16.8. The molecule has 0 spiro atoms. The molecule has 2 aromatic rings. The molecule has 0 unspecified atom stereocenters. The van der Waals surface area contributed by atoms with E-state index < -0.39 is 10.0 Å². The second kappa shape index (κ2) is 6.83. The first-order valence-electron chi connectivity index (χ1n) is 7.55. The third-order valence-corrected chi connectivity index (χ3v) is 5.93. The van der Waals surface area contributed by atoms with Gasteiger partial charge in [-0.05, 0) is 22.6 Å². The molecule has 0 aliphatic carbocycles. The molecule has 0 amide bonds. The number of hydrogen-bond acceptors (Lipinski definition) is 7. The smallest absolute Gasteiger partial charge is 0.248 e. The van der Waals surface area contributed by atoms with Gasteiger partial charge in [-0.15, -0.1) is 0 Å². The fraction of sp³-hybridized carbons (Fsp3) is 0.500. The third kappa shape index (κ3) is 3.55. The zero-order valence-corrected chi connectivity index (χ0v) is 14.3. The van der Waals surface area contributed by atoms with Crippen LogP contribution in [-0.4, -0.2) is 72.0 Å². The van der Waals surface area contributed by atoms with Crippen molar-refractivity contribution in [1.82, 2.24) is 24.5 Å². The summed E-state index contributed by atoms with van der Waals surface area (Å²) in [4.78, 5) is 0. The molecule has 1 aromatic carbocycles. The Balaban J connectivity index is 1.76. The van der Waals surface area contributed by atoms with E-state index in [0.29, 0.717) is 19.2 Å². The molecule has 3 rings (SSSR count). The van der Waals surface area contributed by atoms with Crippen molar-refractivity contribution in [3.8, 4) is 5.69 Å². The zero-order chi connectivity index (χ0) is 17.2. The summed E-state index contributed by atoms with van der Waals surface area (Å²) in [6.45, 7) is 0.799. The molecule has 1 aliphatic rings. The Kier molecular flexibility index (Phi) is 4.78. The maximum Gasteiger partial charge on any atom is 0.248 e. The molecule has 0 saturated carbocycles. The van der Waals surface area contributed by atoms with Crippen LogP contribution in [0.3, 0.4) is 0 Å². The van der Waals surface area contributed by atoms with Gasteiger partial charge in [-0.3, -0.25) is 0 Å². The van der Waals surface area contributed by atoms with Gasteiger partial charge in [0.05, 0.1) is 30.7 Å². The van der Waals surface area contributed by atoms with Crippen LogP contribution in [0.1, 0.15) is 0 Å². The fourth-order valence-electron chi connectivity index (χ4n) is 2.53. The van der Waals surface area contributed by atoms with Crippen molar-refractivity contribution in [3.05, 3.63) is 30.3 Å². The van der Waals surface area contributed by atoms with E-state index in [9.17, 15) is 8.42 Å². The van der Waals surface area contributed by atoms with Gasteiger partial charge in [0.25, 0.3) is 0 Å². The number of nitrogens with one attached hydrogen (secondary N) is 1. The maximum absolute atomic E-state index is 12.1. The minimum absolute atomic E-state index is 0.0184. The molecule has 9 nitrogen and oxygen atoms in total. The average Bonchev–Trinajstić information content (AvgIpc) is 3.18. The summed E-state index contributed by atoms with van der Waals surface area (Å²) in [6, 6.07) is 9.31. The van der Waals surface area contributed by atoms with Crippen LogP contribution in [-0.2, 0) is 14.8 Å². The molecule has 130 valence electrons. The molecule has 1 fully saturated rings. The summed E-state index contributed by atoms with van der Waals surface area (Å²) in [6.07, 6.45) is 0. The van der Waals surface area contributed by atoms with Crippen molar-refractivity contribution < 1.29 is 13.2 Å². The topological polar surface area (TPSA) is 102 Å². The van der Waals surface area contributed by atoms with Crippen LogP contribution in [0.2, 0.25) is 0 Å². The van der Waals surface area contributed by atoms with E-state index in [-0.39, 0.29) is 17.7 Å². The highest BCUT2D eigenvalue weighted by molar-refractivity contribution is 7.89. The second-order valence-electron chi connectivity index (χ2n) is 5.86. The number of para-hydroxylation sites is 1. The van der Waals surface area contributed by atoms with Gasteiger partial charge in [-0.2, -0.15) is 4.68 Å². The van der Waals surface area contributed by atoms with Gasteiger partial charge in [0, 0.05) is 20.0 Å². The number of tetrazole rings is 1. The zero-order valence-electron chi connectivity index (χ0n) is 13.5. The van der Waals surface area contributed by atoms with Gasteiger partial charge in [-0.25, -0.2) is 12.7 Å². The number of aromatic nitrogens is 4. The molecule has 2 heterocycles. The van der Waals surface area contributed by atoms with Crippen LogP contribution in [0.4, 0.5) is 5.95 Å². The average molecular weight is 352 g/mol. The van der Waals surface area contributed by atoms with Crippen molar-refractivity contribution in [2.24, 2.45) is 5.92 Å². The van der Waals surface area contributed by atoms with Crippen molar-refractivity contribution in [2.45, 2.75) is 6.04 Å². The summed E-state index contributed by atoms with van der Waals surface area (Å²) in [5.74, 6) is 0.312. The van der Waals surface area contributed by atoms with E-state index in [0.717, 1.165) is 5.69 Å². The summed E-state index contributed by atoms with van der Waals surface area (Å²) >= 11 is 0. The molecule has 1 N–H and O–H groups in total. The van der Waals surface area contributed by atoms with Crippen LogP contribution < -0.4 is 5.32 Å². The Morgan fingerprint density at radius 1 is 1.29 bits per heavy atom. The lowest BCUT2D eigenvalue weighted by Gasteiger charge is -2.21. The van der Waals surface area contributed by atoms with Gasteiger partial charge in [0.1, 0.15) is 0 Å². The van der Waals surface area contributed by atoms with Crippen molar-refractivity contribution in [1.29, 1.82) is 0 Å². The molecule has 10 heteroatoms. The van der Waals surface area contributed by atoms with Gasteiger partial charge < -0.3 is 10.1 Å². The molecule has 1 aliphatic heterocycles. The minimum atomic E-state index is -3.30.